The highest BCUT2D eigenvalue weighted by atomic mass is 32.2. The van der Waals surface area contributed by atoms with Crippen LogP contribution in [0.5, 0.6) is 0 Å². The lowest BCUT2D eigenvalue weighted by Crippen LogP contribution is -2.34. The number of hydrogen-bond donors (Lipinski definition) is 2. The molecule has 16 heavy (non-hydrogen) atoms. The Balaban J connectivity index is 2.45. The average molecular weight is 259 g/mol. The minimum atomic E-state index is 0.213. The summed E-state index contributed by atoms with van der Waals surface area (Å²) in [6.07, 6.45) is 3.12. The van der Waals surface area contributed by atoms with Crippen molar-refractivity contribution in [3.8, 4) is 0 Å². The highest BCUT2D eigenvalue weighted by Gasteiger charge is 2.13. The van der Waals surface area contributed by atoms with Crippen molar-refractivity contribution in [1.82, 2.24) is 5.32 Å². The van der Waals surface area contributed by atoms with E-state index >= 15 is 0 Å². The van der Waals surface area contributed by atoms with Crippen LogP contribution in [0.4, 0.5) is 0 Å². The van der Waals surface area contributed by atoms with Gasteiger partial charge in [-0.25, -0.2) is 0 Å². The molecule has 1 aromatic rings. The Labute approximate surface area is 106 Å². The molecular formula is C12H21NOS2. The molecule has 2 N–H and O–H groups in total. The van der Waals surface area contributed by atoms with Crippen molar-refractivity contribution in [3.63, 3.8) is 0 Å². The van der Waals surface area contributed by atoms with Gasteiger partial charge in [0.25, 0.3) is 0 Å². The van der Waals surface area contributed by atoms with Gasteiger partial charge < -0.3 is 10.4 Å². The van der Waals surface area contributed by atoms with Gasteiger partial charge in [0.05, 0.1) is 6.61 Å². The fraction of sp³-hybridized carbons (Fsp3) is 0.667. The molecule has 0 saturated carbocycles. The number of nitrogens with one attached hydrogen (secondary N) is 1. The van der Waals surface area contributed by atoms with Crippen molar-refractivity contribution >= 4 is 23.1 Å². The first-order valence-corrected chi connectivity index (χ1v) is 7.80. The highest BCUT2D eigenvalue weighted by Crippen LogP contribution is 2.22. The van der Waals surface area contributed by atoms with Crippen LogP contribution in [0.25, 0.3) is 0 Å². The molecule has 0 aliphatic carbocycles. The van der Waals surface area contributed by atoms with Crippen LogP contribution >= 0.6 is 23.1 Å². The zero-order valence-electron chi connectivity index (χ0n) is 10.2. The predicted molar refractivity (Wildman–Crippen MR) is 74.5 cm³/mol. The number of aryl methyl sites for hydroxylation is 1. The lowest BCUT2D eigenvalue weighted by atomic mass is 10.2. The summed E-state index contributed by atoms with van der Waals surface area (Å²) in [5.74, 6) is 1.09. The Bertz CT molecular complexity index is 301. The van der Waals surface area contributed by atoms with E-state index in [1.165, 1.54) is 9.75 Å². The Morgan fingerprint density at radius 2 is 2.25 bits per heavy atom. The Morgan fingerprint density at radius 1 is 1.50 bits per heavy atom. The van der Waals surface area contributed by atoms with Crippen molar-refractivity contribution in [1.29, 1.82) is 0 Å². The van der Waals surface area contributed by atoms with Crippen LogP contribution in [-0.2, 0) is 0 Å². The van der Waals surface area contributed by atoms with Gasteiger partial charge in [-0.15, -0.1) is 11.3 Å². The molecule has 4 heteroatoms. The quantitative estimate of drug-likeness (QED) is 0.790. The normalized spacial score (nSPS) is 15.0. The molecule has 0 fully saturated rings. The molecule has 2 unspecified atom stereocenters. The molecule has 92 valence electrons. The smallest absolute Gasteiger partial charge is 0.0585 e. The minimum Gasteiger partial charge on any atom is -0.395 e. The van der Waals surface area contributed by atoms with Gasteiger partial charge in [0.2, 0.25) is 0 Å². The van der Waals surface area contributed by atoms with Crippen LogP contribution < -0.4 is 5.32 Å². The summed E-state index contributed by atoms with van der Waals surface area (Å²) < 4.78 is 0. The number of aliphatic hydroxyl groups is 1. The van der Waals surface area contributed by atoms with Crippen LogP contribution in [0.15, 0.2) is 12.1 Å². The largest absolute Gasteiger partial charge is 0.395 e. The van der Waals surface area contributed by atoms with Crippen molar-refractivity contribution in [2.24, 2.45) is 0 Å². The van der Waals surface area contributed by atoms with Crippen LogP contribution in [-0.4, -0.2) is 29.8 Å². The van der Waals surface area contributed by atoms with Gasteiger partial charge in [-0.1, -0.05) is 0 Å². The number of hydrogen-bond acceptors (Lipinski definition) is 4. The van der Waals surface area contributed by atoms with Crippen molar-refractivity contribution in [2.45, 2.75) is 32.4 Å². The van der Waals surface area contributed by atoms with Crippen molar-refractivity contribution < 1.29 is 5.11 Å². The third-order valence-corrected chi connectivity index (χ3v) is 4.39. The Morgan fingerprint density at radius 3 is 2.75 bits per heavy atom. The van der Waals surface area contributed by atoms with E-state index in [9.17, 15) is 5.11 Å². The van der Waals surface area contributed by atoms with Gasteiger partial charge in [0, 0.05) is 21.8 Å². The van der Waals surface area contributed by atoms with Crippen LogP contribution in [0.2, 0.25) is 0 Å². The van der Waals surface area contributed by atoms with Crippen LogP contribution in [0.1, 0.15) is 29.1 Å². The Kier molecular flexibility index (Phi) is 6.43. The van der Waals surface area contributed by atoms with E-state index in [0.29, 0.717) is 6.04 Å². The molecule has 2 nitrogen and oxygen atoms in total. The molecule has 0 spiro atoms. The zero-order chi connectivity index (χ0) is 12.0. The second-order valence-corrected chi connectivity index (χ2v) is 6.30. The van der Waals surface area contributed by atoms with E-state index < -0.39 is 0 Å². The number of thioether (sulfide) groups is 1. The van der Waals surface area contributed by atoms with E-state index in [2.05, 4.69) is 37.6 Å². The lowest BCUT2D eigenvalue weighted by Gasteiger charge is -2.20. The molecule has 0 radical (unpaired) electrons. The first-order valence-electron chi connectivity index (χ1n) is 5.59. The van der Waals surface area contributed by atoms with Gasteiger partial charge in [0.15, 0.2) is 0 Å². The van der Waals surface area contributed by atoms with Crippen LogP contribution in [0, 0.1) is 6.92 Å². The van der Waals surface area contributed by atoms with Gasteiger partial charge in [-0.05, 0) is 44.4 Å². The first kappa shape index (κ1) is 14.0. The van der Waals surface area contributed by atoms with E-state index in [4.69, 9.17) is 0 Å². The second kappa shape index (κ2) is 7.33. The van der Waals surface area contributed by atoms with E-state index in [0.717, 1.165) is 12.2 Å². The molecule has 1 aromatic heterocycles. The molecule has 1 rings (SSSR count). The maximum atomic E-state index is 9.29. The minimum absolute atomic E-state index is 0.213. The summed E-state index contributed by atoms with van der Waals surface area (Å²) in [6.45, 7) is 4.50. The summed E-state index contributed by atoms with van der Waals surface area (Å²) in [4.78, 5) is 2.69. The molecule has 1 heterocycles. The van der Waals surface area contributed by atoms with Gasteiger partial charge in [-0.2, -0.15) is 11.8 Å². The third kappa shape index (κ3) is 4.45. The van der Waals surface area contributed by atoms with E-state index in [1.54, 1.807) is 0 Å². The maximum Gasteiger partial charge on any atom is 0.0585 e. The summed E-state index contributed by atoms with van der Waals surface area (Å²) >= 11 is 3.65. The molecule has 0 saturated heterocycles. The first-order chi connectivity index (χ1) is 7.67. The van der Waals surface area contributed by atoms with Crippen molar-refractivity contribution in [3.05, 3.63) is 21.9 Å². The van der Waals surface area contributed by atoms with Gasteiger partial charge >= 0.3 is 0 Å². The van der Waals surface area contributed by atoms with E-state index in [1.807, 2.05) is 23.1 Å². The molecule has 2 atom stereocenters. The number of thiophene rings is 1. The fourth-order valence-corrected chi connectivity index (χ4v) is 3.02. The maximum absolute atomic E-state index is 9.29. The molecule has 0 aliphatic rings. The molecular weight excluding hydrogens is 238 g/mol. The summed E-state index contributed by atoms with van der Waals surface area (Å²) in [6, 6.07) is 4.86. The average Bonchev–Trinajstić information content (AvgIpc) is 2.70. The Hall–Kier alpha value is -0.0300. The summed E-state index contributed by atoms with van der Waals surface area (Å²) in [7, 11) is 0. The number of rotatable bonds is 7. The van der Waals surface area contributed by atoms with Gasteiger partial charge in [0.1, 0.15) is 0 Å². The molecule has 0 bridgehead atoms. The predicted octanol–water partition coefficient (Wildman–Crippen LogP) is 2.82. The van der Waals surface area contributed by atoms with Gasteiger partial charge in [-0.3, -0.25) is 0 Å². The fourth-order valence-electron chi connectivity index (χ4n) is 1.61. The highest BCUT2D eigenvalue weighted by molar-refractivity contribution is 7.98. The molecule has 0 amide bonds. The number of aliphatic hydroxyl groups excluding tert-OH is 1. The third-order valence-electron chi connectivity index (χ3n) is 2.56. The SMILES string of the molecule is CSCCC(CO)NC(C)c1ccc(C)s1. The molecule has 0 aliphatic heterocycles. The molecule has 0 aromatic carbocycles. The zero-order valence-corrected chi connectivity index (χ0v) is 11.8. The topological polar surface area (TPSA) is 32.3 Å². The standard InChI is InChI=1S/C12H21NOS2/c1-9-4-5-12(16-9)10(2)13-11(8-14)6-7-15-3/h4-5,10-11,13-14H,6-8H2,1-3H3. The second-order valence-electron chi connectivity index (χ2n) is 4.00. The summed E-state index contributed by atoms with van der Waals surface area (Å²) in [5.41, 5.74) is 0. The summed E-state index contributed by atoms with van der Waals surface area (Å²) in [5, 5.41) is 12.8. The van der Waals surface area contributed by atoms with E-state index in [-0.39, 0.29) is 12.6 Å². The van der Waals surface area contributed by atoms with Crippen LogP contribution in [0.3, 0.4) is 0 Å². The lowest BCUT2D eigenvalue weighted by molar-refractivity contribution is 0.231. The monoisotopic (exact) mass is 259 g/mol. The van der Waals surface area contributed by atoms with Crippen molar-refractivity contribution in [2.75, 3.05) is 18.6 Å².